The topological polar surface area (TPSA) is 67.3 Å². The Hall–Kier alpha value is -1.59. The zero-order chi connectivity index (χ0) is 13.2. The second-order valence-electron chi connectivity index (χ2n) is 4.94. The normalized spacial score (nSPS) is 21.6. The Morgan fingerprint density at radius 1 is 1.42 bits per heavy atom. The van der Waals surface area contributed by atoms with Gasteiger partial charge in [0.2, 0.25) is 0 Å². The van der Waals surface area contributed by atoms with Gasteiger partial charge in [-0.3, -0.25) is 4.98 Å². The number of rotatable bonds is 3. The molecule has 2 atom stereocenters. The van der Waals surface area contributed by atoms with Crippen LogP contribution in [0.5, 0.6) is 0 Å². The summed E-state index contributed by atoms with van der Waals surface area (Å²) in [6, 6.07) is 5.92. The average Bonchev–Trinajstić information content (AvgIpc) is 2.80. The summed E-state index contributed by atoms with van der Waals surface area (Å²) in [6.07, 6.45) is 3.57. The molecule has 2 unspecified atom stereocenters. The molecule has 1 saturated heterocycles. The van der Waals surface area contributed by atoms with Crippen molar-refractivity contribution in [3.63, 3.8) is 0 Å². The van der Waals surface area contributed by atoms with Crippen molar-refractivity contribution in [1.29, 1.82) is 0 Å². The average molecular weight is 262 g/mol. The first-order valence-corrected chi connectivity index (χ1v) is 6.69. The third kappa shape index (κ3) is 2.43. The maximum Gasteiger partial charge on any atom is 0.417 e. The van der Waals surface area contributed by atoms with Gasteiger partial charge in [0, 0.05) is 6.61 Å². The molecule has 1 aliphatic rings. The van der Waals surface area contributed by atoms with Gasteiger partial charge in [0.1, 0.15) is 0 Å². The Kier molecular flexibility index (Phi) is 3.40. The molecule has 1 aliphatic heterocycles. The minimum Gasteiger partial charge on any atom is -0.408 e. The van der Waals surface area contributed by atoms with Gasteiger partial charge in [-0.2, -0.15) is 0 Å². The predicted octanol–water partition coefficient (Wildman–Crippen LogP) is 1.95. The largest absolute Gasteiger partial charge is 0.417 e. The second-order valence-corrected chi connectivity index (χ2v) is 4.94. The van der Waals surface area contributed by atoms with Crippen LogP contribution in [0.4, 0.5) is 0 Å². The van der Waals surface area contributed by atoms with E-state index in [1.807, 2.05) is 25.2 Å². The Morgan fingerprint density at radius 2 is 2.32 bits per heavy atom. The van der Waals surface area contributed by atoms with Crippen LogP contribution in [0.1, 0.15) is 30.9 Å². The van der Waals surface area contributed by atoms with Gasteiger partial charge in [-0.05, 0) is 44.0 Å². The lowest BCUT2D eigenvalue weighted by Gasteiger charge is -2.30. The number of nitrogens with one attached hydrogen (secondary N) is 2. The zero-order valence-electron chi connectivity index (χ0n) is 10.9. The van der Waals surface area contributed by atoms with E-state index in [1.54, 1.807) is 0 Å². The van der Waals surface area contributed by atoms with E-state index in [4.69, 9.17) is 9.15 Å². The van der Waals surface area contributed by atoms with Crippen molar-refractivity contribution in [2.24, 2.45) is 0 Å². The van der Waals surface area contributed by atoms with Gasteiger partial charge in [-0.25, -0.2) is 4.79 Å². The highest BCUT2D eigenvalue weighted by Crippen LogP contribution is 2.27. The fourth-order valence-electron chi connectivity index (χ4n) is 2.75. The van der Waals surface area contributed by atoms with Crippen molar-refractivity contribution in [1.82, 2.24) is 10.3 Å². The molecule has 0 spiro atoms. The fraction of sp³-hybridized carbons (Fsp3) is 0.500. The summed E-state index contributed by atoms with van der Waals surface area (Å²) < 4.78 is 11.0. The molecule has 0 radical (unpaired) electrons. The molecule has 5 heteroatoms. The number of aromatic nitrogens is 1. The quantitative estimate of drug-likeness (QED) is 0.887. The number of likely N-dealkylation sites (N-methyl/N-ethyl adjacent to an activating group) is 1. The summed E-state index contributed by atoms with van der Waals surface area (Å²) in [6.45, 7) is 0.824. The molecule has 0 bridgehead atoms. The van der Waals surface area contributed by atoms with E-state index in [2.05, 4.69) is 10.3 Å². The minimum atomic E-state index is -0.415. The number of hydrogen-bond donors (Lipinski definition) is 2. The highest BCUT2D eigenvalue weighted by molar-refractivity contribution is 5.72. The third-order valence-electron chi connectivity index (χ3n) is 3.70. The molecule has 1 fully saturated rings. The maximum atomic E-state index is 11.2. The lowest BCUT2D eigenvalue weighted by Crippen LogP contribution is -2.34. The van der Waals surface area contributed by atoms with Gasteiger partial charge >= 0.3 is 5.76 Å². The molecule has 5 nitrogen and oxygen atoms in total. The standard InChI is InChI=1S/C14H18N2O3/c1-15-13(11-4-2-3-7-18-11)9-5-6-10-12(8-9)19-14(17)16-10/h5-6,8,11,13,15H,2-4,7H2,1H3,(H,16,17). The van der Waals surface area contributed by atoms with Gasteiger partial charge < -0.3 is 14.5 Å². The van der Waals surface area contributed by atoms with Crippen LogP contribution >= 0.6 is 0 Å². The Balaban J connectivity index is 1.93. The van der Waals surface area contributed by atoms with Crippen molar-refractivity contribution < 1.29 is 9.15 Å². The summed E-state index contributed by atoms with van der Waals surface area (Å²) >= 11 is 0. The maximum absolute atomic E-state index is 11.2. The van der Waals surface area contributed by atoms with Crippen molar-refractivity contribution in [3.8, 4) is 0 Å². The summed E-state index contributed by atoms with van der Waals surface area (Å²) in [5.74, 6) is -0.415. The second kappa shape index (κ2) is 5.19. The fourth-order valence-corrected chi connectivity index (χ4v) is 2.75. The molecule has 0 saturated carbocycles. The lowest BCUT2D eigenvalue weighted by molar-refractivity contribution is -0.00660. The van der Waals surface area contributed by atoms with Gasteiger partial charge in [-0.15, -0.1) is 0 Å². The number of H-pyrrole nitrogens is 1. The molecule has 3 rings (SSSR count). The highest BCUT2D eigenvalue weighted by Gasteiger charge is 2.25. The molecule has 102 valence electrons. The van der Waals surface area contributed by atoms with Crippen LogP contribution in [0.15, 0.2) is 27.4 Å². The molecule has 1 aromatic heterocycles. The van der Waals surface area contributed by atoms with Crippen LogP contribution in [0.25, 0.3) is 11.1 Å². The van der Waals surface area contributed by atoms with E-state index in [-0.39, 0.29) is 12.1 Å². The molecular formula is C14H18N2O3. The third-order valence-corrected chi connectivity index (χ3v) is 3.70. The van der Waals surface area contributed by atoms with E-state index >= 15 is 0 Å². The molecular weight excluding hydrogens is 244 g/mol. The van der Waals surface area contributed by atoms with Crippen LogP contribution in [0.2, 0.25) is 0 Å². The van der Waals surface area contributed by atoms with Crippen LogP contribution in [0.3, 0.4) is 0 Å². The first kappa shape index (κ1) is 12.4. The first-order valence-electron chi connectivity index (χ1n) is 6.69. The molecule has 0 amide bonds. The summed E-state index contributed by atoms with van der Waals surface area (Å²) in [5, 5.41) is 3.30. The summed E-state index contributed by atoms with van der Waals surface area (Å²) in [5.41, 5.74) is 2.41. The highest BCUT2D eigenvalue weighted by atomic mass is 16.5. The SMILES string of the molecule is CNC(c1ccc2[nH]c(=O)oc2c1)C1CCCCO1. The van der Waals surface area contributed by atoms with Crippen LogP contribution in [-0.4, -0.2) is 24.7 Å². The van der Waals surface area contributed by atoms with Gasteiger partial charge in [0.25, 0.3) is 0 Å². The summed E-state index contributed by atoms with van der Waals surface area (Å²) in [7, 11) is 1.93. The van der Waals surface area contributed by atoms with E-state index in [0.717, 1.165) is 30.5 Å². The molecule has 0 aliphatic carbocycles. The van der Waals surface area contributed by atoms with Crippen LogP contribution in [-0.2, 0) is 4.74 Å². The monoisotopic (exact) mass is 262 g/mol. The van der Waals surface area contributed by atoms with Crippen molar-refractivity contribution in [3.05, 3.63) is 34.3 Å². The number of benzene rings is 1. The number of oxazole rings is 1. The molecule has 19 heavy (non-hydrogen) atoms. The van der Waals surface area contributed by atoms with Crippen molar-refractivity contribution in [2.45, 2.75) is 31.4 Å². The predicted molar refractivity (Wildman–Crippen MR) is 72.2 cm³/mol. The van der Waals surface area contributed by atoms with E-state index < -0.39 is 5.76 Å². The van der Waals surface area contributed by atoms with Crippen LogP contribution in [0, 0.1) is 0 Å². The molecule has 2 heterocycles. The van der Waals surface area contributed by atoms with E-state index in [0.29, 0.717) is 5.58 Å². The Morgan fingerprint density at radius 3 is 3.05 bits per heavy atom. The number of hydrogen-bond acceptors (Lipinski definition) is 4. The molecule has 2 aromatic rings. The van der Waals surface area contributed by atoms with E-state index in [9.17, 15) is 4.79 Å². The zero-order valence-corrected chi connectivity index (χ0v) is 10.9. The van der Waals surface area contributed by atoms with Crippen molar-refractivity contribution >= 4 is 11.1 Å². The number of ether oxygens (including phenoxy) is 1. The molecule has 2 N–H and O–H groups in total. The summed E-state index contributed by atoms with van der Waals surface area (Å²) in [4.78, 5) is 13.8. The molecule has 1 aromatic carbocycles. The Labute approximate surface area is 111 Å². The Bertz CT molecular complexity index is 610. The van der Waals surface area contributed by atoms with E-state index in [1.165, 1.54) is 6.42 Å². The van der Waals surface area contributed by atoms with Gasteiger partial charge in [-0.1, -0.05) is 6.07 Å². The lowest BCUT2D eigenvalue weighted by atomic mass is 9.95. The first-order chi connectivity index (χ1) is 9.28. The minimum absolute atomic E-state index is 0.130. The van der Waals surface area contributed by atoms with Crippen LogP contribution < -0.4 is 11.1 Å². The smallest absolute Gasteiger partial charge is 0.408 e. The van der Waals surface area contributed by atoms with Crippen molar-refractivity contribution in [2.75, 3.05) is 13.7 Å². The number of fused-ring (bicyclic) bond motifs is 1. The van der Waals surface area contributed by atoms with Gasteiger partial charge in [0.15, 0.2) is 5.58 Å². The van der Waals surface area contributed by atoms with Gasteiger partial charge in [0.05, 0.1) is 17.7 Å². The number of aromatic amines is 1.